The van der Waals surface area contributed by atoms with Crippen molar-refractivity contribution in [2.45, 2.75) is 39.5 Å². The second-order valence-corrected chi connectivity index (χ2v) is 6.12. The number of aromatic nitrogens is 2. The zero-order valence-corrected chi connectivity index (χ0v) is 14.8. The number of aryl methyl sites for hydroxylation is 1. The molecule has 0 bridgehead atoms. The predicted octanol–water partition coefficient (Wildman–Crippen LogP) is 3.21. The molecular formula is C18H20F2N2O4. The van der Waals surface area contributed by atoms with E-state index in [1.165, 1.54) is 13.2 Å². The number of carbonyl (C=O) groups is 1. The third-order valence-electron chi connectivity index (χ3n) is 4.28. The third kappa shape index (κ3) is 3.55. The molecule has 6 nitrogen and oxygen atoms in total. The van der Waals surface area contributed by atoms with Gasteiger partial charge in [0.05, 0.1) is 32.1 Å². The van der Waals surface area contributed by atoms with Crippen molar-refractivity contribution in [3.05, 3.63) is 35.2 Å². The highest BCUT2D eigenvalue weighted by Crippen LogP contribution is 2.30. The van der Waals surface area contributed by atoms with Crippen LogP contribution < -0.4 is 4.74 Å². The first-order chi connectivity index (χ1) is 12.4. The number of benzene rings is 1. The molecule has 1 aliphatic rings. The second-order valence-electron chi connectivity index (χ2n) is 6.12. The molecule has 26 heavy (non-hydrogen) atoms. The summed E-state index contributed by atoms with van der Waals surface area (Å²) in [5.41, 5.74) is 2.26. The molecule has 0 aliphatic carbocycles. The van der Waals surface area contributed by atoms with Crippen LogP contribution >= 0.6 is 0 Å². The van der Waals surface area contributed by atoms with Gasteiger partial charge in [-0.2, -0.15) is 8.78 Å². The van der Waals surface area contributed by atoms with E-state index in [4.69, 9.17) is 9.47 Å². The van der Waals surface area contributed by atoms with Crippen LogP contribution in [0.2, 0.25) is 0 Å². The molecule has 8 heteroatoms. The van der Waals surface area contributed by atoms with Crippen LogP contribution in [0.4, 0.5) is 8.78 Å². The maximum Gasteiger partial charge on any atom is 0.387 e. The molecule has 0 N–H and O–H groups in total. The molecule has 1 atom stereocenters. The first-order valence-corrected chi connectivity index (χ1v) is 8.25. The maximum absolute atomic E-state index is 12.5. The molecule has 2 aromatic rings. The van der Waals surface area contributed by atoms with Gasteiger partial charge in [0.25, 0.3) is 0 Å². The Morgan fingerprint density at radius 2 is 2.19 bits per heavy atom. The van der Waals surface area contributed by atoms with Crippen molar-refractivity contribution in [2.24, 2.45) is 0 Å². The highest BCUT2D eigenvalue weighted by Gasteiger charge is 2.27. The smallest absolute Gasteiger partial charge is 0.387 e. The van der Waals surface area contributed by atoms with Crippen molar-refractivity contribution in [1.29, 1.82) is 0 Å². The number of nitrogens with zero attached hydrogens (tertiary/aromatic N) is 2. The highest BCUT2D eigenvalue weighted by atomic mass is 19.3. The van der Waals surface area contributed by atoms with E-state index in [-0.39, 0.29) is 17.5 Å². The van der Waals surface area contributed by atoms with Gasteiger partial charge < -0.3 is 18.8 Å². The van der Waals surface area contributed by atoms with Crippen LogP contribution in [0.25, 0.3) is 11.4 Å². The van der Waals surface area contributed by atoms with Gasteiger partial charge in [-0.3, -0.25) is 0 Å². The van der Waals surface area contributed by atoms with Gasteiger partial charge in [0.15, 0.2) is 5.69 Å². The van der Waals surface area contributed by atoms with Crippen LogP contribution in [0.15, 0.2) is 18.2 Å². The van der Waals surface area contributed by atoms with Crippen LogP contribution in [0, 0.1) is 6.92 Å². The summed E-state index contributed by atoms with van der Waals surface area (Å²) in [6.45, 7) is 1.76. The molecule has 3 rings (SSSR count). The molecule has 140 valence electrons. The highest BCUT2D eigenvalue weighted by molar-refractivity contribution is 5.89. The Hall–Kier alpha value is -2.48. The number of imidazole rings is 1. The van der Waals surface area contributed by atoms with Gasteiger partial charge in [-0.15, -0.1) is 0 Å². The quantitative estimate of drug-likeness (QED) is 0.778. The number of rotatable bonds is 4. The van der Waals surface area contributed by atoms with Crippen molar-refractivity contribution >= 4 is 5.97 Å². The zero-order chi connectivity index (χ0) is 18.8. The lowest BCUT2D eigenvalue weighted by atomic mass is 10.1. The zero-order valence-electron chi connectivity index (χ0n) is 14.8. The Kier molecular flexibility index (Phi) is 5.22. The van der Waals surface area contributed by atoms with Crippen molar-refractivity contribution in [1.82, 2.24) is 9.55 Å². The standard InChI is InChI=1S/C18H20F2N2O4/c1-10-8-12(4-5-14(10)26-18(19)20)16-21-15(17(23)24-3)13-6-7-25-11(2)9-22(13)16/h4-5,8,11,18H,6-7,9H2,1-3H3/t11-/m1/s1. The fraction of sp³-hybridized carbons (Fsp3) is 0.444. The summed E-state index contributed by atoms with van der Waals surface area (Å²) in [5.74, 6) is 0.171. The summed E-state index contributed by atoms with van der Waals surface area (Å²) in [7, 11) is 1.31. The van der Waals surface area contributed by atoms with Crippen molar-refractivity contribution < 1.29 is 27.8 Å². The fourth-order valence-corrected chi connectivity index (χ4v) is 3.10. The fourth-order valence-electron chi connectivity index (χ4n) is 3.10. The lowest BCUT2D eigenvalue weighted by Crippen LogP contribution is -2.15. The number of alkyl halides is 2. The van der Waals surface area contributed by atoms with E-state index >= 15 is 0 Å². The molecule has 1 aliphatic heterocycles. The van der Waals surface area contributed by atoms with Crippen LogP contribution in [-0.4, -0.2) is 42.0 Å². The molecule has 1 aromatic heterocycles. The summed E-state index contributed by atoms with van der Waals surface area (Å²) >= 11 is 0. The molecule has 0 saturated carbocycles. The monoisotopic (exact) mass is 366 g/mol. The van der Waals surface area contributed by atoms with Gasteiger partial charge in [-0.05, 0) is 37.6 Å². The summed E-state index contributed by atoms with van der Waals surface area (Å²) in [5, 5.41) is 0. The van der Waals surface area contributed by atoms with E-state index < -0.39 is 12.6 Å². The minimum atomic E-state index is -2.88. The number of methoxy groups -OCH3 is 1. The maximum atomic E-state index is 12.5. The molecule has 0 amide bonds. The van der Waals surface area contributed by atoms with Crippen LogP contribution in [0.5, 0.6) is 5.75 Å². The Bertz CT molecular complexity index is 820. The topological polar surface area (TPSA) is 62.6 Å². The van der Waals surface area contributed by atoms with Gasteiger partial charge in [0, 0.05) is 12.0 Å². The predicted molar refractivity (Wildman–Crippen MR) is 89.5 cm³/mol. The van der Waals surface area contributed by atoms with Gasteiger partial charge >= 0.3 is 12.6 Å². The van der Waals surface area contributed by atoms with Crippen LogP contribution in [-0.2, 0) is 22.4 Å². The lowest BCUT2D eigenvalue weighted by Gasteiger charge is -2.14. The number of fused-ring (bicyclic) bond motifs is 1. The van der Waals surface area contributed by atoms with Crippen molar-refractivity contribution in [3.63, 3.8) is 0 Å². The normalized spacial score (nSPS) is 16.9. The summed E-state index contributed by atoms with van der Waals surface area (Å²) in [6, 6.07) is 4.84. The SMILES string of the molecule is COC(=O)c1nc(-c2ccc(OC(F)F)c(C)c2)n2c1CCO[C@H](C)C2. The number of ether oxygens (including phenoxy) is 3. The van der Waals surface area contributed by atoms with Gasteiger partial charge in [0.2, 0.25) is 0 Å². The molecule has 0 fully saturated rings. The van der Waals surface area contributed by atoms with Gasteiger partial charge in [0.1, 0.15) is 11.6 Å². The lowest BCUT2D eigenvalue weighted by molar-refractivity contribution is -0.0502. The van der Waals surface area contributed by atoms with E-state index in [0.29, 0.717) is 36.5 Å². The largest absolute Gasteiger partial charge is 0.464 e. The van der Waals surface area contributed by atoms with E-state index in [1.807, 2.05) is 11.5 Å². The number of halogens is 2. The Morgan fingerprint density at radius 1 is 1.42 bits per heavy atom. The van der Waals surface area contributed by atoms with E-state index in [2.05, 4.69) is 9.72 Å². The van der Waals surface area contributed by atoms with Crippen molar-refractivity contribution in [2.75, 3.05) is 13.7 Å². The number of carbonyl (C=O) groups excluding carboxylic acids is 1. The second kappa shape index (κ2) is 7.41. The minimum Gasteiger partial charge on any atom is -0.464 e. The van der Waals surface area contributed by atoms with Crippen LogP contribution in [0.3, 0.4) is 0 Å². The van der Waals surface area contributed by atoms with Crippen LogP contribution in [0.1, 0.15) is 28.7 Å². The van der Waals surface area contributed by atoms with Gasteiger partial charge in [-0.25, -0.2) is 9.78 Å². The molecule has 1 aromatic carbocycles. The first kappa shape index (κ1) is 18.3. The summed E-state index contributed by atoms with van der Waals surface area (Å²) < 4.78 is 41.9. The summed E-state index contributed by atoms with van der Waals surface area (Å²) in [4.78, 5) is 16.6. The Morgan fingerprint density at radius 3 is 2.85 bits per heavy atom. The van der Waals surface area contributed by atoms with E-state index in [9.17, 15) is 13.6 Å². The van der Waals surface area contributed by atoms with Gasteiger partial charge in [-0.1, -0.05) is 0 Å². The average molecular weight is 366 g/mol. The number of esters is 1. The Balaban J connectivity index is 2.08. The Labute approximate surface area is 149 Å². The number of hydrogen-bond donors (Lipinski definition) is 0. The third-order valence-corrected chi connectivity index (χ3v) is 4.28. The van der Waals surface area contributed by atoms with Crippen molar-refractivity contribution in [3.8, 4) is 17.1 Å². The molecule has 0 radical (unpaired) electrons. The average Bonchev–Trinajstić information content (AvgIpc) is 2.82. The molecule has 0 spiro atoms. The molecule has 0 saturated heterocycles. The minimum absolute atomic E-state index is 0.0442. The molecule has 2 heterocycles. The molecular weight excluding hydrogens is 346 g/mol. The number of hydrogen-bond acceptors (Lipinski definition) is 5. The van der Waals surface area contributed by atoms with E-state index in [1.54, 1.807) is 19.1 Å². The summed E-state index contributed by atoms with van der Waals surface area (Å²) in [6.07, 6.45) is 0.491. The van der Waals surface area contributed by atoms with E-state index in [0.717, 1.165) is 5.69 Å². The first-order valence-electron chi connectivity index (χ1n) is 8.25. The molecule has 0 unspecified atom stereocenters.